The van der Waals surface area contributed by atoms with Gasteiger partial charge in [0.2, 0.25) is 5.91 Å². The summed E-state index contributed by atoms with van der Waals surface area (Å²) < 4.78 is 5.37. The maximum atomic E-state index is 11.4. The number of nitrogens with zero attached hydrogens (tertiary/aromatic N) is 1. The Bertz CT molecular complexity index is 260. The van der Waals surface area contributed by atoms with Crippen molar-refractivity contribution in [2.24, 2.45) is 0 Å². The lowest BCUT2D eigenvalue weighted by Crippen LogP contribution is -2.50. The fraction of sp³-hybridized carbons (Fsp3) is 0.800. The summed E-state index contributed by atoms with van der Waals surface area (Å²) in [5.41, 5.74) is 0. The predicted octanol–water partition coefficient (Wildman–Crippen LogP) is 1.24. The number of carbonyl (C=O) groups excluding carboxylic acids is 2. The molecule has 1 N–H and O–H groups in total. The van der Waals surface area contributed by atoms with Crippen molar-refractivity contribution >= 4 is 20.0 Å². The van der Waals surface area contributed by atoms with Gasteiger partial charge in [0.1, 0.15) is 6.73 Å². The number of hydrogen-bond acceptors (Lipinski definition) is 3. The second-order valence-electron chi connectivity index (χ2n) is 5.15. The van der Waals surface area contributed by atoms with Gasteiger partial charge in [-0.1, -0.05) is 19.6 Å². The largest absolute Gasteiger partial charge is 0.361 e. The number of imide groups is 1. The molecule has 0 saturated carbocycles. The van der Waals surface area contributed by atoms with Crippen LogP contribution in [0, 0.1) is 0 Å². The SMILES string of the molecule is C[Si](C)(C)CCOCN1C(=O)CCNC1=O. The lowest BCUT2D eigenvalue weighted by atomic mass is 10.3. The van der Waals surface area contributed by atoms with Crippen LogP contribution in [-0.4, -0.2) is 44.8 Å². The van der Waals surface area contributed by atoms with E-state index in [-0.39, 0.29) is 18.7 Å². The molecule has 0 atom stereocenters. The molecule has 1 aliphatic rings. The summed E-state index contributed by atoms with van der Waals surface area (Å²) in [6, 6.07) is 0.695. The first-order valence-corrected chi connectivity index (χ1v) is 9.27. The van der Waals surface area contributed by atoms with E-state index in [9.17, 15) is 9.59 Å². The molecule has 0 aromatic carbocycles. The number of carbonyl (C=O) groups is 2. The van der Waals surface area contributed by atoms with Crippen molar-refractivity contribution in [3.8, 4) is 0 Å². The quantitative estimate of drug-likeness (QED) is 0.585. The fourth-order valence-electron chi connectivity index (χ4n) is 1.28. The summed E-state index contributed by atoms with van der Waals surface area (Å²) in [4.78, 5) is 23.8. The third-order valence-corrected chi connectivity index (χ3v) is 4.08. The van der Waals surface area contributed by atoms with E-state index in [2.05, 4.69) is 25.0 Å². The van der Waals surface area contributed by atoms with Crippen LogP contribution in [0.4, 0.5) is 4.79 Å². The molecule has 0 unspecified atom stereocenters. The third-order valence-electron chi connectivity index (χ3n) is 2.38. The van der Waals surface area contributed by atoms with Gasteiger partial charge in [0.05, 0.1) is 0 Å². The van der Waals surface area contributed by atoms with Crippen molar-refractivity contribution in [2.75, 3.05) is 19.9 Å². The van der Waals surface area contributed by atoms with Crippen molar-refractivity contribution in [3.05, 3.63) is 0 Å². The maximum absolute atomic E-state index is 11.4. The van der Waals surface area contributed by atoms with Crippen LogP contribution in [0.15, 0.2) is 0 Å². The van der Waals surface area contributed by atoms with Gasteiger partial charge in [0.25, 0.3) is 0 Å². The summed E-state index contributed by atoms with van der Waals surface area (Å²) in [7, 11) is -1.11. The molecule has 1 saturated heterocycles. The van der Waals surface area contributed by atoms with Gasteiger partial charge in [-0.25, -0.2) is 9.69 Å². The Morgan fingerprint density at radius 2 is 2.06 bits per heavy atom. The Labute approximate surface area is 97.1 Å². The van der Waals surface area contributed by atoms with Gasteiger partial charge in [0.15, 0.2) is 0 Å². The highest BCUT2D eigenvalue weighted by Gasteiger charge is 2.25. The molecule has 1 aliphatic heterocycles. The van der Waals surface area contributed by atoms with Crippen LogP contribution in [0.5, 0.6) is 0 Å². The molecule has 0 aromatic rings. The molecule has 6 heteroatoms. The number of nitrogens with one attached hydrogen (secondary N) is 1. The Balaban J connectivity index is 2.26. The zero-order valence-corrected chi connectivity index (χ0v) is 11.2. The molecule has 1 heterocycles. The maximum Gasteiger partial charge on any atom is 0.326 e. The van der Waals surface area contributed by atoms with E-state index in [1.54, 1.807) is 0 Å². The van der Waals surface area contributed by atoms with Crippen LogP contribution in [0.2, 0.25) is 25.7 Å². The first kappa shape index (κ1) is 13.2. The number of urea groups is 1. The molecular formula is C10H20N2O3Si. The van der Waals surface area contributed by atoms with Crippen LogP contribution in [0.1, 0.15) is 6.42 Å². The van der Waals surface area contributed by atoms with E-state index < -0.39 is 8.07 Å². The monoisotopic (exact) mass is 244 g/mol. The van der Waals surface area contributed by atoms with Crippen LogP contribution >= 0.6 is 0 Å². The standard InChI is InChI=1S/C10H20N2O3Si/c1-16(2,3)7-6-15-8-12-9(13)4-5-11-10(12)14/h4-8H2,1-3H3,(H,11,14). The van der Waals surface area contributed by atoms with Gasteiger partial charge in [-0.05, 0) is 6.04 Å². The summed E-state index contributed by atoms with van der Waals surface area (Å²) in [6.07, 6.45) is 0.364. The van der Waals surface area contributed by atoms with E-state index >= 15 is 0 Å². The predicted molar refractivity (Wildman–Crippen MR) is 63.8 cm³/mol. The normalized spacial score (nSPS) is 17.6. The van der Waals surface area contributed by atoms with Crippen LogP contribution in [0.25, 0.3) is 0 Å². The molecule has 16 heavy (non-hydrogen) atoms. The smallest absolute Gasteiger partial charge is 0.326 e. The second-order valence-corrected chi connectivity index (χ2v) is 10.8. The fourth-order valence-corrected chi connectivity index (χ4v) is 2.04. The van der Waals surface area contributed by atoms with Crippen molar-refractivity contribution in [2.45, 2.75) is 32.1 Å². The summed E-state index contributed by atoms with van der Waals surface area (Å²) >= 11 is 0. The topological polar surface area (TPSA) is 58.6 Å². The molecular weight excluding hydrogens is 224 g/mol. The van der Waals surface area contributed by atoms with E-state index in [0.717, 1.165) is 10.9 Å². The molecule has 0 bridgehead atoms. The molecule has 1 fully saturated rings. The highest BCUT2D eigenvalue weighted by atomic mass is 28.3. The Kier molecular flexibility index (Phi) is 4.49. The molecule has 1 rings (SSSR count). The van der Waals surface area contributed by atoms with Gasteiger partial charge < -0.3 is 10.1 Å². The van der Waals surface area contributed by atoms with Crippen LogP contribution < -0.4 is 5.32 Å². The highest BCUT2D eigenvalue weighted by molar-refractivity contribution is 6.76. The minimum atomic E-state index is -1.11. The summed E-state index contributed by atoms with van der Waals surface area (Å²) in [6.45, 7) is 7.91. The second kappa shape index (κ2) is 5.45. The zero-order chi connectivity index (χ0) is 12.2. The van der Waals surface area contributed by atoms with Crippen molar-refractivity contribution in [1.82, 2.24) is 10.2 Å². The average Bonchev–Trinajstić information content (AvgIpc) is 2.14. The zero-order valence-electron chi connectivity index (χ0n) is 10.2. The Morgan fingerprint density at radius 3 is 2.62 bits per heavy atom. The van der Waals surface area contributed by atoms with Crippen molar-refractivity contribution < 1.29 is 14.3 Å². The first-order valence-electron chi connectivity index (χ1n) is 5.56. The minimum Gasteiger partial charge on any atom is -0.361 e. The number of hydrogen-bond donors (Lipinski definition) is 1. The molecule has 0 radical (unpaired) electrons. The first-order chi connectivity index (χ1) is 7.40. The van der Waals surface area contributed by atoms with Crippen molar-refractivity contribution in [3.63, 3.8) is 0 Å². The average molecular weight is 244 g/mol. The molecule has 3 amide bonds. The third kappa shape index (κ3) is 4.32. The highest BCUT2D eigenvalue weighted by Crippen LogP contribution is 2.08. The van der Waals surface area contributed by atoms with Gasteiger partial charge >= 0.3 is 6.03 Å². The van der Waals surface area contributed by atoms with E-state index in [0.29, 0.717) is 19.6 Å². The Morgan fingerprint density at radius 1 is 1.38 bits per heavy atom. The summed E-state index contributed by atoms with van der Waals surface area (Å²) in [5.74, 6) is -0.156. The van der Waals surface area contributed by atoms with E-state index in [1.807, 2.05) is 0 Å². The molecule has 0 spiro atoms. The summed E-state index contributed by atoms with van der Waals surface area (Å²) in [5, 5.41) is 2.61. The minimum absolute atomic E-state index is 0.0785. The van der Waals surface area contributed by atoms with Gasteiger partial charge in [0, 0.05) is 27.6 Å². The van der Waals surface area contributed by atoms with E-state index in [1.165, 1.54) is 0 Å². The van der Waals surface area contributed by atoms with E-state index in [4.69, 9.17) is 4.74 Å². The number of ether oxygens (including phenoxy) is 1. The lowest BCUT2D eigenvalue weighted by Gasteiger charge is -2.25. The molecule has 92 valence electrons. The molecule has 0 aromatic heterocycles. The van der Waals surface area contributed by atoms with Gasteiger partial charge in [-0.15, -0.1) is 0 Å². The van der Waals surface area contributed by atoms with Crippen LogP contribution in [-0.2, 0) is 9.53 Å². The Hall–Kier alpha value is -0.883. The molecule has 5 nitrogen and oxygen atoms in total. The number of rotatable bonds is 5. The van der Waals surface area contributed by atoms with Crippen molar-refractivity contribution in [1.29, 1.82) is 0 Å². The van der Waals surface area contributed by atoms with Gasteiger partial charge in [-0.3, -0.25) is 4.79 Å². The molecule has 0 aliphatic carbocycles. The lowest BCUT2D eigenvalue weighted by molar-refractivity contribution is -0.133. The number of amides is 3. The van der Waals surface area contributed by atoms with Gasteiger partial charge in [-0.2, -0.15) is 0 Å². The van der Waals surface area contributed by atoms with Crippen LogP contribution in [0.3, 0.4) is 0 Å².